The number of amides is 1. The zero-order valence-electron chi connectivity index (χ0n) is 10.9. The van der Waals surface area contributed by atoms with Gasteiger partial charge in [-0.05, 0) is 45.4 Å². The van der Waals surface area contributed by atoms with Crippen LogP contribution in [0.1, 0.15) is 45.4 Å². The van der Waals surface area contributed by atoms with Crippen molar-refractivity contribution in [3.63, 3.8) is 0 Å². The quantitative estimate of drug-likeness (QED) is 0.759. The predicted octanol–water partition coefficient (Wildman–Crippen LogP) is 1.20. The van der Waals surface area contributed by atoms with Gasteiger partial charge in [0.25, 0.3) is 0 Å². The van der Waals surface area contributed by atoms with Crippen LogP contribution in [-0.4, -0.2) is 37.2 Å². The van der Waals surface area contributed by atoms with Crippen molar-refractivity contribution in [2.75, 3.05) is 7.11 Å². The molecule has 0 aromatic rings. The fraction of sp³-hybridized carbons (Fsp3) is 0.923. The maximum absolute atomic E-state index is 11.8. The van der Waals surface area contributed by atoms with Crippen LogP contribution in [0.3, 0.4) is 0 Å². The van der Waals surface area contributed by atoms with Crippen molar-refractivity contribution in [1.29, 1.82) is 0 Å². The minimum Gasteiger partial charge on any atom is -0.381 e. The number of nitrogens with one attached hydrogen (secondary N) is 2. The van der Waals surface area contributed by atoms with Gasteiger partial charge in [-0.2, -0.15) is 0 Å². The first-order valence-corrected chi connectivity index (χ1v) is 6.78. The summed E-state index contributed by atoms with van der Waals surface area (Å²) in [7, 11) is 1.78. The molecule has 1 unspecified atom stereocenters. The molecule has 0 aromatic carbocycles. The third-order valence-electron chi connectivity index (χ3n) is 3.81. The van der Waals surface area contributed by atoms with Crippen molar-refractivity contribution in [2.45, 2.75) is 69.7 Å². The van der Waals surface area contributed by atoms with Crippen molar-refractivity contribution < 1.29 is 9.53 Å². The summed E-state index contributed by atoms with van der Waals surface area (Å²) in [6.07, 6.45) is 7.15. The van der Waals surface area contributed by atoms with Crippen molar-refractivity contribution in [2.24, 2.45) is 0 Å². The topological polar surface area (TPSA) is 50.4 Å². The van der Waals surface area contributed by atoms with E-state index in [1.54, 1.807) is 7.11 Å². The lowest BCUT2D eigenvalue weighted by atomic mass is 9.92. The van der Waals surface area contributed by atoms with Crippen molar-refractivity contribution in [3.05, 3.63) is 0 Å². The molecular formula is C13H24N2O2. The number of ether oxygens (including phenoxy) is 1. The van der Waals surface area contributed by atoms with Crippen LogP contribution >= 0.6 is 0 Å². The molecule has 0 heterocycles. The van der Waals surface area contributed by atoms with E-state index < -0.39 is 0 Å². The fourth-order valence-corrected chi connectivity index (χ4v) is 2.45. The molecule has 1 atom stereocenters. The monoisotopic (exact) mass is 240 g/mol. The lowest BCUT2D eigenvalue weighted by Crippen LogP contribution is -2.48. The van der Waals surface area contributed by atoms with E-state index in [0.717, 1.165) is 38.5 Å². The Bertz CT molecular complexity index is 258. The summed E-state index contributed by atoms with van der Waals surface area (Å²) in [5.41, 5.74) is 0. The number of rotatable bonds is 5. The van der Waals surface area contributed by atoms with Crippen LogP contribution < -0.4 is 10.6 Å². The smallest absolute Gasteiger partial charge is 0.237 e. The summed E-state index contributed by atoms with van der Waals surface area (Å²) < 4.78 is 5.35. The van der Waals surface area contributed by atoms with E-state index in [9.17, 15) is 4.79 Å². The van der Waals surface area contributed by atoms with Gasteiger partial charge in [0, 0.05) is 19.2 Å². The maximum atomic E-state index is 11.8. The molecule has 2 fully saturated rings. The summed E-state index contributed by atoms with van der Waals surface area (Å²) >= 11 is 0. The number of carbonyl (C=O) groups is 1. The van der Waals surface area contributed by atoms with Crippen molar-refractivity contribution in [3.8, 4) is 0 Å². The van der Waals surface area contributed by atoms with Gasteiger partial charge in [-0.25, -0.2) is 0 Å². The van der Waals surface area contributed by atoms with Gasteiger partial charge in [-0.15, -0.1) is 0 Å². The van der Waals surface area contributed by atoms with Crippen LogP contribution in [0.15, 0.2) is 0 Å². The van der Waals surface area contributed by atoms with Gasteiger partial charge in [0.15, 0.2) is 0 Å². The van der Waals surface area contributed by atoms with Crippen LogP contribution in [0.2, 0.25) is 0 Å². The second-order valence-corrected chi connectivity index (χ2v) is 5.38. The molecule has 4 heteroatoms. The SMILES string of the molecule is COC1CCC(NC(C)C(=O)NC2CC2)CC1. The Labute approximate surface area is 103 Å². The van der Waals surface area contributed by atoms with Crippen LogP contribution in [-0.2, 0) is 9.53 Å². The van der Waals surface area contributed by atoms with Gasteiger partial charge in [0.2, 0.25) is 5.91 Å². The molecule has 4 nitrogen and oxygen atoms in total. The van der Waals surface area contributed by atoms with Crippen LogP contribution in [0.5, 0.6) is 0 Å². The summed E-state index contributed by atoms with van der Waals surface area (Å²) in [5.74, 6) is 0.154. The molecule has 0 bridgehead atoms. The van der Waals surface area contributed by atoms with E-state index in [-0.39, 0.29) is 11.9 Å². The van der Waals surface area contributed by atoms with Gasteiger partial charge < -0.3 is 15.4 Å². The second-order valence-electron chi connectivity index (χ2n) is 5.38. The third-order valence-corrected chi connectivity index (χ3v) is 3.81. The second kappa shape index (κ2) is 5.83. The summed E-state index contributed by atoms with van der Waals surface area (Å²) in [6.45, 7) is 1.96. The van der Waals surface area contributed by atoms with Gasteiger partial charge in [-0.1, -0.05) is 0 Å². The normalized spacial score (nSPS) is 30.9. The molecule has 2 aliphatic carbocycles. The highest BCUT2D eigenvalue weighted by Crippen LogP contribution is 2.21. The lowest BCUT2D eigenvalue weighted by molar-refractivity contribution is -0.123. The molecule has 2 rings (SSSR count). The Morgan fingerprint density at radius 3 is 2.24 bits per heavy atom. The molecule has 2 saturated carbocycles. The molecule has 17 heavy (non-hydrogen) atoms. The number of hydrogen-bond donors (Lipinski definition) is 2. The molecule has 0 radical (unpaired) electrons. The molecule has 2 aliphatic rings. The van der Waals surface area contributed by atoms with Gasteiger partial charge in [0.05, 0.1) is 12.1 Å². The standard InChI is InChI=1S/C13H24N2O2/c1-9(13(16)15-11-3-4-11)14-10-5-7-12(17-2)8-6-10/h9-12,14H,3-8H2,1-2H3,(H,15,16). The van der Waals surface area contributed by atoms with Crippen LogP contribution in [0.4, 0.5) is 0 Å². The van der Waals surface area contributed by atoms with E-state index in [1.165, 1.54) is 0 Å². The fourth-order valence-electron chi connectivity index (χ4n) is 2.45. The van der Waals surface area contributed by atoms with E-state index in [4.69, 9.17) is 4.74 Å². The molecule has 0 aromatic heterocycles. The van der Waals surface area contributed by atoms with E-state index in [1.807, 2.05) is 6.92 Å². The van der Waals surface area contributed by atoms with E-state index >= 15 is 0 Å². The molecule has 98 valence electrons. The first-order chi connectivity index (χ1) is 8.19. The lowest BCUT2D eigenvalue weighted by Gasteiger charge is -2.30. The van der Waals surface area contributed by atoms with Gasteiger partial charge in [0.1, 0.15) is 0 Å². The minimum atomic E-state index is -0.0697. The molecule has 2 N–H and O–H groups in total. The molecule has 0 aliphatic heterocycles. The Balaban J connectivity index is 1.67. The first kappa shape index (κ1) is 12.8. The summed E-state index contributed by atoms with van der Waals surface area (Å²) in [6, 6.07) is 0.858. The molecule has 1 amide bonds. The van der Waals surface area contributed by atoms with Crippen LogP contribution in [0, 0.1) is 0 Å². The van der Waals surface area contributed by atoms with E-state index in [2.05, 4.69) is 10.6 Å². The largest absolute Gasteiger partial charge is 0.381 e. The molecule has 0 spiro atoms. The van der Waals surface area contributed by atoms with E-state index in [0.29, 0.717) is 18.2 Å². The van der Waals surface area contributed by atoms with Crippen molar-refractivity contribution in [1.82, 2.24) is 10.6 Å². The first-order valence-electron chi connectivity index (χ1n) is 6.78. The number of hydrogen-bond acceptors (Lipinski definition) is 3. The Morgan fingerprint density at radius 1 is 1.12 bits per heavy atom. The van der Waals surface area contributed by atoms with Gasteiger partial charge in [-0.3, -0.25) is 4.79 Å². The highest BCUT2D eigenvalue weighted by Gasteiger charge is 2.27. The Morgan fingerprint density at radius 2 is 1.71 bits per heavy atom. The number of carbonyl (C=O) groups excluding carboxylic acids is 1. The minimum absolute atomic E-state index is 0.0697. The van der Waals surface area contributed by atoms with Crippen molar-refractivity contribution >= 4 is 5.91 Å². The zero-order chi connectivity index (χ0) is 12.3. The highest BCUT2D eigenvalue weighted by atomic mass is 16.5. The average molecular weight is 240 g/mol. The molecular weight excluding hydrogens is 216 g/mol. The Hall–Kier alpha value is -0.610. The van der Waals surface area contributed by atoms with Gasteiger partial charge >= 0.3 is 0 Å². The maximum Gasteiger partial charge on any atom is 0.237 e. The average Bonchev–Trinajstić information content (AvgIpc) is 3.14. The van der Waals surface area contributed by atoms with Crippen LogP contribution in [0.25, 0.3) is 0 Å². The Kier molecular flexibility index (Phi) is 4.40. The zero-order valence-corrected chi connectivity index (χ0v) is 10.9. The summed E-state index contributed by atoms with van der Waals surface area (Å²) in [5, 5.41) is 6.47. The predicted molar refractivity (Wildman–Crippen MR) is 66.8 cm³/mol. The third kappa shape index (κ3) is 3.96. The highest BCUT2D eigenvalue weighted by molar-refractivity contribution is 5.81. The number of methoxy groups -OCH3 is 1. The molecule has 0 saturated heterocycles. The summed E-state index contributed by atoms with van der Waals surface area (Å²) in [4.78, 5) is 11.8.